The Balaban J connectivity index is 2.08. The predicted octanol–water partition coefficient (Wildman–Crippen LogP) is 1.53. The molecule has 0 aromatic carbocycles. The molecule has 0 spiro atoms. The fourth-order valence-corrected chi connectivity index (χ4v) is 2.68. The van der Waals surface area contributed by atoms with Crippen LogP contribution in [0.5, 0.6) is 0 Å². The lowest BCUT2D eigenvalue weighted by Gasteiger charge is -2.30. The summed E-state index contributed by atoms with van der Waals surface area (Å²) in [4.78, 5) is 10.9. The molecule has 0 bridgehead atoms. The highest BCUT2D eigenvalue weighted by molar-refractivity contribution is 5.75. The van der Waals surface area contributed by atoms with Crippen LogP contribution in [0.15, 0.2) is 12.2 Å². The monoisotopic (exact) mass is 195 g/mol. The average Bonchev–Trinajstić information content (AvgIpc) is 2.99. The van der Waals surface area contributed by atoms with Gasteiger partial charge in [0.25, 0.3) is 0 Å². The first-order chi connectivity index (χ1) is 6.67. The van der Waals surface area contributed by atoms with E-state index in [1.165, 1.54) is 0 Å². The molecule has 2 atom stereocenters. The summed E-state index contributed by atoms with van der Waals surface area (Å²) in [5.74, 6) is -0.337. The van der Waals surface area contributed by atoms with Crippen LogP contribution in [0, 0.1) is 11.3 Å². The number of carbonyl (C=O) groups is 1. The van der Waals surface area contributed by atoms with E-state index in [-0.39, 0.29) is 5.41 Å². The van der Waals surface area contributed by atoms with Gasteiger partial charge in [-0.1, -0.05) is 12.2 Å². The number of hydrogen-bond donors (Lipinski definition) is 2. The van der Waals surface area contributed by atoms with E-state index in [2.05, 4.69) is 12.2 Å². The molecular weight excluding hydrogens is 178 g/mol. The highest BCUT2D eigenvalue weighted by Gasteiger charge is 2.55. The second-order valence-corrected chi connectivity index (χ2v) is 4.53. The summed E-state index contributed by atoms with van der Waals surface area (Å²) >= 11 is 0. The van der Waals surface area contributed by atoms with Gasteiger partial charge in [-0.05, 0) is 43.4 Å². The standard InChI is InChI=1S/C11H17NO2/c12-9(10(13)14)11(6-7-11)8-4-2-1-3-5-8/h1-2,8-9H,3-7,12H2,(H,13,14). The van der Waals surface area contributed by atoms with Crippen LogP contribution in [-0.4, -0.2) is 17.1 Å². The van der Waals surface area contributed by atoms with Crippen molar-refractivity contribution >= 4 is 5.97 Å². The summed E-state index contributed by atoms with van der Waals surface area (Å²) < 4.78 is 0. The molecule has 1 saturated carbocycles. The molecule has 0 aromatic rings. The summed E-state index contributed by atoms with van der Waals surface area (Å²) in [5, 5.41) is 8.95. The van der Waals surface area contributed by atoms with E-state index in [9.17, 15) is 4.79 Å². The van der Waals surface area contributed by atoms with Gasteiger partial charge in [-0.15, -0.1) is 0 Å². The number of nitrogens with two attached hydrogens (primary N) is 1. The Hall–Kier alpha value is -0.830. The van der Waals surface area contributed by atoms with E-state index < -0.39 is 12.0 Å². The maximum Gasteiger partial charge on any atom is 0.321 e. The molecule has 3 nitrogen and oxygen atoms in total. The van der Waals surface area contributed by atoms with Crippen LogP contribution >= 0.6 is 0 Å². The lowest BCUT2D eigenvalue weighted by Crippen LogP contribution is -2.43. The zero-order chi connectivity index (χ0) is 10.2. The molecule has 1 fully saturated rings. The maximum atomic E-state index is 10.9. The van der Waals surface area contributed by atoms with Gasteiger partial charge in [0.2, 0.25) is 0 Å². The Kier molecular flexibility index (Phi) is 2.35. The van der Waals surface area contributed by atoms with E-state index in [1.54, 1.807) is 0 Å². The van der Waals surface area contributed by atoms with Gasteiger partial charge < -0.3 is 10.8 Å². The average molecular weight is 195 g/mol. The third-order valence-electron chi connectivity index (χ3n) is 3.79. The van der Waals surface area contributed by atoms with E-state index in [1.807, 2.05) is 0 Å². The van der Waals surface area contributed by atoms with Crippen molar-refractivity contribution in [2.45, 2.75) is 38.1 Å². The maximum absolute atomic E-state index is 10.9. The van der Waals surface area contributed by atoms with E-state index in [0.717, 1.165) is 32.1 Å². The summed E-state index contributed by atoms with van der Waals surface area (Å²) in [7, 11) is 0. The van der Waals surface area contributed by atoms with Crippen molar-refractivity contribution in [3.8, 4) is 0 Å². The van der Waals surface area contributed by atoms with Crippen molar-refractivity contribution in [2.24, 2.45) is 17.1 Å². The Morgan fingerprint density at radius 1 is 1.50 bits per heavy atom. The Morgan fingerprint density at radius 2 is 2.21 bits per heavy atom. The third kappa shape index (κ3) is 1.46. The molecule has 3 heteroatoms. The van der Waals surface area contributed by atoms with E-state index in [0.29, 0.717) is 5.92 Å². The first-order valence-corrected chi connectivity index (χ1v) is 5.30. The molecule has 2 unspecified atom stereocenters. The molecule has 0 aliphatic heterocycles. The van der Waals surface area contributed by atoms with Crippen LogP contribution in [0.2, 0.25) is 0 Å². The van der Waals surface area contributed by atoms with Gasteiger partial charge in [-0.3, -0.25) is 4.79 Å². The smallest absolute Gasteiger partial charge is 0.321 e. The summed E-state index contributed by atoms with van der Waals surface area (Å²) in [6.07, 6.45) is 9.55. The molecule has 0 amide bonds. The van der Waals surface area contributed by atoms with Crippen molar-refractivity contribution in [1.29, 1.82) is 0 Å². The first-order valence-electron chi connectivity index (χ1n) is 5.30. The van der Waals surface area contributed by atoms with Crippen molar-refractivity contribution < 1.29 is 9.90 Å². The van der Waals surface area contributed by atoms with Crippen molar-refractivity contribution in [2.75, 3.05) is 0 Å². The molecular formula is C11H17NO2. The molecule has 0 radical (unpaired) electrons. The van der Waals surface area contributed by atoms with Crippen LogP contribution in [0.3, 0.4) is 0 Å². The van der Waals surface area contributed by atoms with Crippen LogP contribution in [0.1, 0.15) is 32.1 Å². The molecule has 78 valence electrons. The van der Waals surface area contributed by atoms with Gasteiger partial charge in [0.05, 0.1) is 0 Å². The lowest BCUT2D eigenvalue weighted by molar-refractivity contribution is -0.141. The molecule has 14 heavy (non-hydrogen) atoms. The van der Waals surface area contributed by atoms with Gasteiger partial charge in [0, 0.05) is 0 Å². The SMILES string of the molecule is NC(C(=O)O)C1(C2CC=CCC2)CC1. The zero-order valence-electron chi connectivity index (χ0n) is 8.28. The minimum atomic E-state index is -0.836. The highest BCUT2D eigenvalue weighted by Crippen LogP contribution is 2.57. The minimum Gasteiger partial charge on any atom is -0.480 e. The van der Waals surface area contributed by atoms with Crippen molar-refractivity contribution in [1.82, 2.24) is 0 Å². The zero-order valence-corrected chi connectivity index (χ0v) is 8.28. The number of carboxylic acid groups (broad SMARTS) is 1. The number of hydrogen-bond acceptors (Lipinski definition) is 2. The predicted molar refractivity (Wildman–Crippen MR) is 53.8 cm³/mol. The minimum absolute atomic E-state index is 0.0728. The summed E-state index contributed by atoms with van der Waals surface area (Å²) in [6, 6.07) is -0.654. The van der Waals surface area contributed by atoms with Crippen LogP contribution < -0.4 is 5.73 Å². The molecule has 0 aromatic heterocycles. The number of aliphatic carboxylic acids is 1. The molecule has 0 heterocycles. The largest absolute Gasteiger partial charge is 0.480 e. The summed E-state index contributed by atoms with van der Waals surface area (Å²) in [5.41, 5.74) is 5.69. The van der Waals surface area contributed by atoms with Gasteiger partial charge >= 0.3 is 5.97 Å². The molecule has 2 rings (SSSR count). The Morgan fingerprint density at radius 3 is 2.64 bits per heavy atom. The molecule has 2 aliphatic carbocycles. The van der Waals surface area contributed by atoms with Crippen LogP contribution in [0.25, 0.3) is 0 Å². The van der Waals surface area contributed by atoms with Gasteiger partial charge in [0.15, 0.2) is 0 Å². The fraction of sp³-hybridized carbons (Fsp3) is 0.727. The van der Waals surface area contributed by atoms with E-state index >= 15 is 0 Å². The highest BCUT2D eigenvalue weighted by atomic mass is 16.4. The van der Waals surface area contributed by atoms with Gasteiger partial charge in [-0.2, -0.15) is 0 Å². The second kappa shape index (κ2) is 3.39. The Labute approximate surface area is 84.0 Å². The van der Waals surface area contributed by atoms with Crippen LogP contribution in [0.4, 0.5) is 0 Å². The van der Waals surface area contributed by atoms with Gasteiger partial charge in [-0.25, -0.2) is 0 Å². The van der Waals surface area contributed by atoms with Gasteiger partial charge in [0.1, 0.15) is 6.04 Å². The molecule has 0 saturated heterocycles. The normalized spacial score (nSPS) is 31.1. The number of allylic oxidation sites excluding steroid dienone is 2. The number of carboxylic acids is 1. The van der Waals surface area contributed by atoms with Crippen LogP contribution in [-0.2, 0) is 4.79 Å². The third-order valence-corrected chi connectivity index (χ3v) is 3.79. The molecule has 2 aliphatic rings. The van der Waals surface area contributed by atoms with Crippen molar-refractivity contribution in [3.05, 3.63) is 12.2 Å². The Bertz CT molecular complexity index is 268. The second-order valence-electron chi connectivity index (χ2n) is 4.53. The van der Waals surface area contributed by atoms with E-state index in [4.69, 9.17) is 10.8 Å². The first kappa shape index (κ1) is 9.71. The topological polar surface area (TPSA) is 63.3 Å². The molecule has 3 N–H and O–H groups in total. The van der Waals surface area contributed by atoms with Crippen molar-refractivity contribution in [3.63, 3.8) is 0 Å². The number of rotatable bonds is 3. The lowest BCUT2D eigenvalue weighted by atomic mass is 9.76. The summed E-state index contributed by atoms with van der Waals surface area (Å²) in [6.45, 7) is 0. The fourth-order valence-electron chi connectivity index (χ4n) is 2.68. The quantitative estimate of drug-likeness (QED) is 0.671.